The summed E-state index contributed by atoms with van der Waals surface area (Å²) in [4.78, 5) is 11.8. The number of aliphatic imine (C=N–C) groups is 1. The maximum Gasteiger partial charge on any atom is 0.191 e. The highest BCUT2D eigenvalue weighted by Crippen LogP contribution is 2.14. The number of furan rings is 1. The van der Waals surface area contributed by atoms with E-state index in [-0.39, 0.29) is 24.0 Å². The lowest BCUT2D eigenvalue weighted by molar-refractivity contribution is 0.506. The Bertz CT molecular complexity index is 742. The van der Waals surface area contributed by atoms with Crippen LogP contribution in [0, 0.1) is 0 Å². The smallest absolute Gasteiger partial charge is 0.191 e. The second-order valence-electron chi connectivity index (χ2n) is 5.75. The van der Waals surface area contributed by atoms with Crippen molar-refractivity contribution in [2.75, 3.05) is 13.1 Å². The van der Waals surface area contributed by atoms with Crippen LogP contribution in [0.1, 0.15) is 27.4 Å². The minimum Gasteiger partial charge on any atom is -0.469 e. The van der Waals surface area contributed by atoms with Crippen molar-refractivity contribution in [2.24, 2.45) is 4.99 Å². The number of hydrogen-bond donors (Lipinski definition) is 2. The summed E-state index contributed by atoms with van der Waals surface area (Å²) in [5, 5.41) is 9.97. The molecule has 0 saturated carbocycles. The van der Waals surface area contributed by atoms with Gasteiger partial charge in [0.2, 0.25) is 0 Å². The van der Waals surface area contributed by atoms with Gasteiger partial charge in [-0.1, -0.05) is 13.0 Å². The Balaban J connectivity index is 0.00000261. The Hall–Kier alpha value is -1.39. The van der Waals surface area contributed by atoms with E-state index in [9.17, 15) is 0 Å². The quantitative estimate of drug-likeness (QED) is 0.250. The minimum atomic E-state index is 0. The Morgan fingerprint density at radius 2 is 2.00 bits per heavy atom. The summed E-state index contributed by atoms with van der Waals surface area (Å²) in [6.45, 7) is 4.37. The van der Waals surface area contributed by atoms with E-state index in [4.69, 9.17) is 9.41 Å². The molecule has 0 aliphatic heterocycles. The molecule has 27 heavy (non-hydrogen) atoms. The largest absolute Gasteiger partial charge is 0.469 e. The molecule has 3 heterocycles. The number of halogens is 1. The second-order valence-corrected chi connectivity index (χ2v) is 7.98. The molecule has 5 nitrogen and oxygen atoms in total. The molecule has 0 spiro atoms. The molecule has 0 atom stereocenters. The molecule has 8 heteroatoms. The first-order valence-corrected chi connectivity index (χ1v) is 10.5. The lowest BCUT2D eigenvalue weighted by Gasteiger charge is -2.11. The summed E-state index contributed by atoms with van der Waals surface area (Å²) < 4.78 is 5.38. The molecule has 0 saturated heterocycles. The van der Waals surface area contributed by atoms with Gasteiger partial charge in [-0.2, -0.15) is 0 Å². The predicted molar refractivity (Wildman–Crippen MR) is 124 cm³/mol. The van der Waals surface area contributed by atoms with Gasteiger partial charge in [0.15, 0.2) is 5.96 Å². The first-order valence-electron chi connectivity index (χ1n) is 8.84. The molecule has 0 radical (unpaired) electrons. The average Bonchev–Trinajstić information content (AvgIpc) is 3.41. The highest BCUT2D eigenvalue weighted by molar-refractivity contribution is 14.0. The van der Waals surface area contributed by atoms with E-state index in [1.807, 2.05) is 18.3 Å². The minimum absolute atomic E-state index is 0. The fourth-order valence-electron chi connectivity index (χ4n) is 2.42. The zero-order valence-corrected chi connectivity index (χ0v) is 19.3. The fourth-order valence-corrected chi connectivity index (χ4v) is 3.92. The summed E-state index contributed by atoms with van der Waals surface area (Å²) >= 11 is 3.52. The van der Waals surface area contributed by atoms with Gasteiger partial charge in [0.25, 0.3) is 0 Å². The summed E-state index contributed by atoms with van der Waals surface area (Å²) in [6, 6.07) is 8.15. The third kappa shape index (κ3) is 7.63. The number of nitrogens with one attached hydrogen (secondary N) is 2. The highest BCUT2D eigenvalue weighted by Gasteiger charge is 2.04. The van der Waals surface area contributed by atoms with E-state index >= 15 is 0 Å². The Kier molecular flexibility index (Phi) is 9.85. The number of hydrogen-bond acceptors (Lipinski definition) is 5. The Labute approximate surface area is 185 Å². The van der Waals surface area contributed by atoms with Gasteiger partial charge < -0.3 is 15.1 Å². The topological polar surface area (TPSA) is 62.5 Å². The summed E-state index contributed by atoms with van der Waals surface area (Å²) in [6.07, 6.45) is 6.50. The van der Waals surface area contributed by atoms with Crippen molar-refractivity contribution in [3.63, 3.8) is 0 Å². The second kappa shape index (κ2) is 12.1. The molecule has 0 amide bonds. The lowest BCUT2D eigenvalue weighted by Crippen LogP contribution is -2.39. The van der Waals surface area contributed by atoms with Crippen LogP contribution in [-0.4, -0.2) is 24.0 Å². The van der Waals surface area contributed by atoms with Crippen molar-refractivity contribution in [1.82, 2.24) is 15.6 Å². The predicted octanol–water partition coefficient (Wildman–Crippen LogP) is 4.50. The molecule has 0 unspecified atom stereocenters. The van der Waals surface area contributed by atoms with E-state index in [2.05, 4.69) is 40.1 Å². The van der Waals surface area contributed by atoms with Crippen LogP contribution < -0.4 is 10.6 Å². The van der Waals surface area contributed by atoms with Crippen LogP contribution in [0.15, 0.2) is 51.5 Å². The van der Waals surface area contributed by atoms with Crippen LogP contribution >= 0.6 is 46.7 Å². The van der Waals surface area contributed by atoms with Crippen molar-refractivity contribution in [3.05, 3.63) is 62.6 Å². The van der Waals surface area contributed by atoms with Crippen molar-refractivity contribution in [3.8, 4) is 0 Å². The van der Waals surface area contributed by atoms with Crippen LogP contribution in [0.25, 0.3) is 0 Å². The van der Waals surface area contributed by atoms with E-state index in [0.29, 0.717) is 6.54 Å². The summed E-state index contributed by atoms with van der Waals surface area (Å²) in [5.41, 5.74) is 0. The number of rotatable bonds is 9. The number of aromatic nitrogens is 1. The lowest BCUT2D eigenvalue weighted by atomic mass is 10.3. The SMILES string of the molecule is CCc1cnc(CN=C(NCCc2ccco2)NCCc2cccs2)s1.I. The van der Waals surface area contributed by atoms with Crippen LogP contribution in [0.5, 0.6) is 0 Å². The van der Waals surface area contributed by atoms with Gasteiger partial charge in [0.1, 0.15) is 10.8 Å². The third-order valence-corrected chi connectivity index (χ3v) is 5.87. The number of aryl methyl sites for hydroxylation is 1. The average molecular weight is 516 g/mol. The molecular formula is C19H25IN4OS2. The van der Waals surface area contributed by atoms with Crippen LogP contribution in [0.2, 0.25) is 0 Å². The van der Waals surface area contributed by atoms with Crippen molar-refractivity contribution in [1.29, 1.82) is 0 Å². The molecule has 0 bridgehead atoms. The van der Waals surface area contributed by atoms with Crippen molar-refractivity contribution < 1.29 is 4.42 Å². The van der Waals surface area contributed by atoms with Crippen molar-refractivity contribution in [2.45, 2.75) is 32.7 Å². The van der Waals surface area contributed by atoms with E-state index in [1.54, 1.807) is 28.9 Å². The van der Waals surface area contributed by atoms with Gasteiger partial charge in [-0.05, 0) is 36.4 Å². The molecule has 3 aromatic heterocycles. The number of nitrogens with zero attached hydrogens (tertiary/aromatic N) is 2. The normalized spacial score (nSPS) is 11.2. The van der Waals surface area contributed by atoms with Gasteiger partial charge in [-0.15, -0.1) is 46.7 Å². The van der Waals surface area contributed by atoms with Crippen LogP contribution in [0.4, 0.5) is 0 Å². The first kappa shape index (κ1) is 21.9. The molecule has 3 rings (SSSR count). The molecule has 0 aliphatic carbocycles. The maximum atomic E-state index is 5.38. The molecule has 0 aromatic carbocycles. The van der Waals surface area contributed by atoms with Crippen LogP contribution in [-0.2, 0) is 25.8 Å². The molecule has 2 N–H and O–H groups in total. The van der Waals surface area contributed by atoms with Gasteiger partial charge in [-0.25, -0.2) is 9.98 Å². The standard InChI is InChI=1S/C19H24N4OS2.HI/c1-2-16-13-22-18(26-16)14-23-19(20-9-7-15-5-3-11-24-15)21-10-8-17-6-4-12-25-17;/h3-6,11-13H,2,7-10,14H2,1H3,(H2,20,21,23);1H. The van der Waals surface area contributed by atoms with Crippen LogP contribution in [0.3, 0.4) is 0 Å². The molecule has 0 aliphatic rings. The number of thiophene rings is 1. The molecule has 146 valence electrons. The maximum absolute atomic E-state index is 5.38. The van der Waals surface area contributed by atoms with Gasteiger partial charge in [0, 0.05) is 35.5 Å². The Morgan fingerprint density at radius 3 is 2.67 bits per heavy atom. The highest BCUT2D eigenvalue weighted by atomic mass is 127. The van der Waals surface area contributed by atoms with Crippen molar-refractivity contribution >= 4 is 52.6 Å². The molecule has 3 aromatic rings. The monoisotopic (exact) mass is 516 g/mol. The first-order chi connectivity index (χ1) is 12.8. The number of guanidine groups is 1. The Morgan fingerprint density at radius 1 is 1.15 bits per heavy atom. The van der Waals surface area contributed by atoms with E-state index < -0.39 is 0 Å². The third-order valence-electron chi connectivity index (χ3n) is 3.81. The zero-order valence-electron chi connectivity index (χ0n) is 15.3. The van der Waals surface area contributed by atoms with Gasteiger partial charge in [-0.3, -0.25) is 0 Å². The zero-order chi connectivity index (χ0) is 18.0. The fraction of sp³-hybridized carbons (Fsp3) is 0.368. The number of thiazole rings is 1. The van der Waals surface area contributed by atoms with E-state index in [1.165, 1.54) is 9.75 Å². The van der Waals surface area contributed by atoms with Gasteiger partial charge >= 0.3 is 0 Å². The summed E-state index contributed by atoms with van der Waals surface area (Å²) in [5.74, 6) is 1.80. The molecule has 0 fully saturated rings. The summed E-state index contributed by atoms with van der Waals surface area (Å²) in [7, 11) is 0. The van der Waals surface area contributed by atoms with Gasteiger partial charge in [0.05, 0.1) is 12.8 Å². The molecular weight excluding hydrogens is 491 g/mol. The van der Waals surface area contributed by atoms with E-state index in [0.717, 1.165) is 49.1 Å².